The molecule has 0 spiro atoms. The van der Waals surface area contributed by atoms with Crippen LogP contribution in [-0.4, -0.2) is 48.4 Å². The summed E-state index contributed by atoms with van der Waals surface area (Å²) in [4.78, 5) is 12.0. The van der Waals surface area contributed by atoms with Crippen molar-refractivity contribution in [2.45, 2.75) is 69.9 Å². The van der Waals surface area contributed by atoms with Crippen molar-refractivity contribution in [1.82, 2.24) is 5.32 Å². The number of ether oxygens (including phenoxy) is 2. The number of hydrogen-bond donors (Lipinski definition) is 1. The maximum Gasteiger partial charge on any atom is 0.325 e. The SMILES string of the molecule is COC(=O)C(C)(CC(C)SCC1CCCO1)NC(C)C. The fourth-order valence-electron chi connectivity index (χ4n) is 2.74. The lowest BCUT2D eigenvalue weighted by Crippen LogP contribution is -2.54. The molecule has 0 radical (unpaired) electrons. The number of methoxy groups -OCH3 is 1. The zero-order chi connectivity index (χ0) is 15.2. The van der Waals surface area contributed by atoms with Crippen molar-refractivity contribution in [3.63, 3.8) is 0 Å². The molecule has 1 aliphatic heterocycles. The molecule has 3 unspecified atom stereocenters. The summed E-state index contributed by atoms with van der Waals surface area (Å²) in [5.74, 6) is 0.830. The topological polar surface area (TPSA) is 47.6 Å². The quantitative estimate of drug-likeness (QED) is 0.699. The van der Waals surface area contributed by atoms with Gasteiger partial charge in [-0.15, -0.1) is 0 Å². The van der Waals surface area contributed by atoms with Gasteiger partial charge < -0.3 is 9.47 Å². The Morgan fingerprint density at radius 1 is 1.50 bits per heavy atom. The molecule has 0 bridgehead atoms. The molecule has 1 fully saturated rings. The van der Waals surface area contributed by atoms with Crippen LogP contribution in [0, 0.1) is 0 Å². The van der Waals surface area contributed by atoms with Crippen LogP contribution in [0.4, 0.5) is 0 Å². The molecule has 1 aliphatic rings. The van der Waals surface area contributed by atoms with Crippen LogP contribution >= 0.6 is 11.8 Å². The minimum Gasteiger partial charge on any atom is -0.468 e. The summed E-state index contributed by atoms with van der Waals surface area (Å²) in [5, 5.41) is 3.73. The second kappa shape index (κ2) is 8.25. The van der Waals surface area contributed by atoms with Gasteiger partial charge in [0.25, 0.3) is 0 Å². The van der Waals surface area contributed by atoms with Gasteiger partial charge in [-0.3, -0.25) is 10.1 Å². The molecular weight excluding hydrogens is 274 g/mol. The van der Waals surface area contributed by atoms with Crippen molar-refractivity contribution >= 4 is 17.7 Å². The molecule has 1 N–H and O–H groups in total. The Morgan fingerprint density at radius 3 is 2.70 bits per heavy atom. The van der Waals surface area contributed by atoms with E-state index in [0.717, 1.165) is 25.2 Å². The maximum atomic E-state index is 12.0. The van der Waals surface area contributed by atoms with Crippen LogP contribution in [0.3, 0.4) is 0 Å². The van der Waals surface area contributed by atoms with Crippen LogP contribution in [0.25, 0.3) is 0 Å². The lowest BCUT2D eigenvalue weighted by molar-refractivity contribution is -0.148. The average Bonchev–Trinajstić information content (AvgIpc) is 2.87. The van der Waals surface area contributed by atoms with Crippen LogP contribution in [0.2, 0.25) is 0 Å². The molecule has 1 saturated heterocycles. The van der Waals surface area contributed by atoms with Crippen molar-refractivity contribution in [2.24, 2.45) is 0 Å². The second-order valence-electron chi connectivity index (χ2n) is 6.11. The Labute approximate surface area is 127 Å². The zero-order valence-electron chi connectivity index (χ0n) is 13.4. The maximum absolute atomic E-state index is 12.0. The Kier molecular flexibility index (Phi) is 7.34. The van der Waals surface area contributed by atoms with Crippen LogP contribution in [0.15, 0.2) is 0 Å². The Hall–Kier alpha value is -0.260. The predicted octanol–water partition coefficient (Wildman–Crippen LogP) is 2.61. The van der Waals surface area contributed by atoms with E-state index in [1.807, 2.05) is 32.5 Å². The zero-order valence-corrected chi connectivity index (χ0v) is 14.2. The first-order valence-corrected chi connectivity index (χ1v) is 8.51. The Morgan fingerprint density at radius 2 is 2.20 bits per heavy atom. The summed E-state index contributed by atoms with van der Waals surface area (Å²) in [6.07, 6.45) is 3.49. The number of esters is 1. The van der Waals surface area contributed by atoms with Crippen molar-refractivity contribution in [3.05, 3.63) is 0 Å². The van der Waals surface area contributed by atoms with Crippen LogP contribution in [0.1, 0.15) is 47.0 Å². The molecule has 3 atom stereocenters. The van der Waals surface area contributed by atoms with Crippen LogP contribution in [-0.2, 0) is 14.3 Å². The first-order valence-electron chi connectivity index (χ1n) is 7.46. The molecule has 118 valence electrons. The summed E-state index contributed by atoms with van der Waals surface area (Å²) >= 11 is 1.88. The third kappa shape index (κ3) is 5.62. The first-order chi connectivity index (χ1) is 9.37. The van der Waals surface area contributed by atoms with Gasteiger partial charge in [0.05, 0.1) is 13.2 Å². The monoisotopic (exact) mass is 303 g/mol. The molecular formula is C15H29NO3S. The average molecular weight is 303 g/mol. The van der Waals surface area contributed by atoms with Crippen LogP contribution in [0.5, 0.6) is 0 Å². The molecule has 1 rings (SSSR count). The Balaban J connectivity index is 2.48. The van der Waals surface area contributed by atoms with Crippen LogP contribution < -0.4 is 5.32 Å². The molecule has 0 aromatic carbocycles. The molecule has 0 aromatic heterocycles. The minimum atomic E-state index is -0.619. The highest BCUT2D eigenvalue weighted by molar-refractivity contribution is 7.99. The fraction of sp³-hybridized carbons (Fsp3) is 0.933. The smallest absolute Gasteiger partial charge is 0.325 e. The van der Waals surface area contributed by atoms with Gasteiger partial charge in [0.15, 0.2) is 0 Å². The van der Waals surface area contributed by atoms with Gasteiger partial charge in [-0.05, 0) is 40.0 Å². The Bertz CT molecular complexity index is 305. The predicted molar refractivity (Wildman–Crippen MR) is 84.2 cm³/mol. The lowest BCUT2D eigenvalue weighted by atomic mass is 9.95. The third-order valence-corrected chi connectivity index (χ3v) is 4.83. The highest BCUT2D eigenvalue weighted by Crippen LogP contribution is 2.26. The van der Waals surface area contributed by atoms with E-state index in [2.05, 4.69) is 12.2 Å². The largest absolute Gasteiger partial charge is 0.468 e. The normalized spacial score (nSPS) is 23.6. The lowest BCUT2D eigenvalue weighted by Gasteiger charge is -2.32. The number of hydrogen-bond acceptors (Lipinski definition) is 5. The molecule has 20 heavy (non-hydrogen) atoms. The van der Waals surface area contributed by atoms with E-state index < -0.39 is 5.54 Å². The van der Waals surface area contributed by atoms with Gasteiger partial charge in [-0.2, -0.15) is 11.8 Å². The number of carbonyl (C=O) groups excluding carboxylic acids is 1. The third-order valence-electron chi connectivity index (χ3n) is 3.53. The van der Waals surface area contributed by atoms with Crippen molar-refractivity contribution < 1.29 is 14.3 Å². The van der Waals surface area contributed by atoms with Crippen molar-refractivity contribution in [3.8, 4) is 0 Å². The van der Waals surface area contributed by atoms with E-state index in [-0.39, 0.29) is 12.0 Å². The van der Waals surface area contributed by atoms with E-state index >= 15 is 0 Å². The van der Waals surface area contributed by atoms with Crippen molar-refractivity contribution in [1.29, 1.82) is 0 Å². The summed E-state index contributed by atoms with van der Waals surface area (Å²) in [7, 11) is 1.45. The number of rotatable bonds is 8. The van der Waals surface area contributed by atoms with Gasteiger partial charge in [0.2, 0.25) is 0 Å². The van der Waals surface area contributed by atoms with E-state index in [9.17, 15) is 4.79 Å². The van der Waals surface area contributed by atoms with Gasteiger partial charge in [-0.1, -0.05) is 6.92 Å². The van der Waals surface area contributed by atoms with E-state index in [0.29, 0.717) is 11.4 Å². The summed E-state index contributed by atoms with van der Waals surface area (Å²) in [5.41, 5.74) is -0.619. The highest BCUT2D eigenvalue weighted by Gasteiger charge is 2.36. The van der Waals surface area contributed by atoms with E-state index in [1.54, 1.807) is 0 Å². The summed E-state index contributed by atoms with van der Waals surface area (Å²) in [6.45, 7) is 9.09. The number of carbonyl (C=O) groups is 1. The highest BCUT2D eigenvalue weighted by atomic mass is 32.2. The van der Waals surface area contributed by atoms with E-state index in [1.165, 1.54) is 13.5 Å². The minimum absolute atomic E-state index is 0.184. The molecule has 5 heteroatoms. The molecule has 0 aromatic rings. The summed E-state index contributed by atoms with van der Waals surface area (Å²) in [6, 6.07) is 0.245. The van der Waals surface area contributed by atoms with Gasteiger partial charge in [-0.25, -0.2) is 0 Å². The number of nitrogens with one attached hydrogen (secondary N) is 1. The summed E-state index contributed by atoms with van der Waals surface area (Å²) < 4.78 is 10.6. The molecule has 0 amide bonds. The van der Waals surface area contributed by atoms with E-state index in [4.69, 9.17) is 9.47 Å². The van der Waals surface area contributed by atoms with Gasteiger partial charge in [0.1, 0.15) is 5.54 Å². The molecule has 0 saturated carbocycles. The van der Waals surface area contributed by atoms with Gasteiger partial charge in [0, 0.05) is 23.7 Å². The first kappa shape index (κ1) is 17.8. The standard InChI is InChI=1S/C15H29NO3S/c1-11(2)16-15(4,14(17)18-5)9-12(3)20-10-13-7-6-8-19-13/h11-13,16H,6-10H2,1-5H3. The van der Waals surface area contributed by atoms with Gasteiger partial charge >= 0.3 is 5.97 Å². The number of thioether (sulfide) groups is 1. The van der Waals surface area contributed by atoms with Crippen molar-refractivity contribution in [2.75, 3.05) is 19.5 Å². The fourth-order valence-corrected chi connectivity index (χ4v) is 4.00. The molecule has 4 nitrogen and oxygen atoms in total. The molecule has 0 aliphatic carbocycles. The second-order valence-corrected chi connectivity index (χ2v) is 7.58. The molecule has 1 heterocycles.